The number of likely N-dealkylation sites (tertiary alicyclic amines) is 1. The van der Waals surface area contributed by atoms with Crippen molar-refractivity contribution < 1.29 is 22.7 Å². The molecule has 38 heavy (non-hydrogen) atoms. The number of unbranched alkanes of at least 4 members (excludes halogenated alkanes) is 1. The van der Waals surface area contributed by atoms with Gasteiger partial charge in [0.2, 0.25) is 0 Å². The van der Waals surface area contributed by atoms with Crippen LogP contribution >= 0.6 is 0 Å². The van der Waals surface area contributed by atoms with E-state index in [0.29, 0.717) is 36.3 Å². The van der Waals surface area contributed by atoms with Gasteiger partial charge in [0, 0.05) is 31.0 Å². The second kappa shape index (κ2) is 10.7. The van der Waals surface area contributed by atoms with Gasteiger partial charge in [-0.15, -0.1) is 0 Å². The number of carbonyl (C=O) groups is 1. The number of nitrogens with one attached hydrogen (secondary N) is 1. The molecule has 1 aromatic carbocycles. The van der Waals surface area contributed by atoms with Gasteiger partial charge in [0.05, 0.1) is 16.8 Å². The molecule has 0 radical (unpaired) electrons. The lowest BCUT2D eigenvalue weighted by Gasteiger charge is -2.24. The molecule has 3 heterocycles. The summed E-state index contributed by atoms with van der Waals surface area (Å²) in [5, 5.41) is 3.43. The maximum Gasteiger partial charge on any atom is 0.416 e. The van der Waals surface area contributed by atoms with Crippen molar-refractivity contribution in [3.63, 3.8) is 0 Å². The minimum absolute atomic E-state index is 0.0197. The average molecular weight is 531 g/mol. The highest BCUT2D eigenvalue weighted by Gasteiger charge is 2.31. The molecule has 1 amide bonds. The largest absolute Gasteiger partial charge is 0.444 e. The van der Waals surface area contributed by atoms with Crippen LogP contribution in [0, 0.1) is 0 Å². The fourth-order valence-electron chi connectivity index (χ4n) is 4.51. The highest BCUT2D eigenvalue weighted by atomic mass is 19.4. The molecule has 0 aliphatic carbocycles. The van der Waals surface area contributed by atoms with Crippen LogP contribution < -0.4 is 10.9 Å². The summed E-state index contributed by atoms with van der Waals surface area (Å²) < 4.78 is 46.3. The Kier molecular flexibility index (Phi) is 7.71. The number of nitrogens with zero attached hydrogens (tertiary/aromatic N) is 3. The van der Waals surface area contributed by atoms with E-state index < -0.39 is 22.9 Å². The highest BCUT2D eigenvalue weighted by Crippen LogP contribution is 2.30. The number of hydrogen-bond acceptors (Lipinski definition) is 5. The molecular weight excluding hydrogens is 497 g/mol. The standard InChI is InChI=1S/C28H33F3N4O3/c1-5-6-7-22-24(25(36)35-15-12-19(28(29,30)31)16-23(35)33-22)18-8-10-20(11-9-18)32-21-13-14-34(17-21)26(37)38-27(2,3)4/h8-12,15-16,21,32H,5-7,13-14,17H2,1-4H3. The number of anilines is 1. The number of aromatic nitrogens is 2. The summed E-state index contributed by atoms with van der Waals surface area (Å²) in [6.45, 7) is 8.63. The maximum atomic E-state index is 13.4. The predicted octanol–water partition coefficient (Wildman–Crippen LogP) is 6.14. The highest BCUT2D eigenvalue weighted by molar-refractivity contribution is 5.70. The smallest absolute Gasteiger partial charge is 0.416 e. The lowest BCUT2D eigenvalue weighted by atomic mass is 10.0. The third kappa shape index (κ3) is 6.28. The van der Waals surface area contributed by atoms with Crippen LogP contribution in [0.2, 0.25) is 0 Å². The van der Waals surface area contributed by atoms with Crippen molar-refractivity contribution >= 4 is 17.4 Å². The van der Waals surface area contributed by atoms with Crippen molar-refractivity contribution in [1.82, 2.24) is 14.3 Å². The van der Waals surface area contributed by atoms with Gasteiger partial charge in [0.1, 0.15) is 11.2 Å². The van der Waals surface area contributed by atoms with Gasteiger partial charge in [-0.3, -0.25) is 9.20 Å². The second-order valence-electron chi connectivity index (χ2n) is 10.6. The van der Waals surface area contributed by atoms with Gasteiger partial charge in [-0.1, -0.05) is 25.5 Å². The average Bonchev–Trinajstić information content (AvgIpc) is 3.30. The summed E-state index contributed by atoms with van der Waals surface area (Å²) in [7, 11) is 0. The predicted molar refractivity (Wildman–Crippen MR) is 140 cm³/mol. The van der Waals surface area contributed by atoms with Crippen molar-refractivity contribution in [2.24, 2.45) is 0 Å². The van der Waals surface area contributed by atoms with Gasteiger partial charge in [-0.25, -0.2) is 9.78 Å². The molecule has 0 saturated carbocycles. The number of rotatable bonds is 6. The molecule has 0 spiro atoms. The van der Waals surface area contributed by atoms with Crippen molar-refractivity contribution in [1.29, 1.82) is 0 Å². The Hall–Kier alpha value is -3.56. The number of aryl methyl sites for hydroxylation is 1. The Labute approximate surface area is 219 Å². The van der Waals surface area contributed by atoms with Crippen molar-refractivity contribution in [2.45, 2.75) is 71.2 Å². The molecule has 1 unspecified atom stereocenters. The van der Waals surface area contributed by atoms with E-state index in [2.05, 4.69) is 10.3 Å². The molecule has 7 nitrogen and oxygen atoms in total. The summed E-state index contributed by atoms with van der Waals surface area (Å²) in [6.07, 6.45) is -0.851. The SMILES string of the molecule is CCCCc1nc2cc(C(F)(F)F)ccn2c(=O)c1-c1ccc(NC2CCN(C(=O)OC(C)(C)C)C2)cc1. The topological polar surface area (TPSA) is 75.9 Å². The lowest BCUT2D eigenvalue weighted by molar-refractivity contribution is -0.137. The first-order valence-corrected chi connectivity index (χ1v) is 12.8. The molecule has 1 atom stereocenters. The fourth-order valence-corrected chi connectivity index (χ4v) is 4.51. The Morgan fingerprint density at radius 2 is 1.87 bits per heavy atom. The fraction of sp³-hybridized carbons (Fsp3) is 0.464. The number of hydrogen-bond donors (Lipinski definition) is 1. The lowest BCUT2D eigenvalue weighted by Crippen LogP contribution is -2.36. The van der Waals surface area contributed by atoms with Gasteiger partial charge >= 0.3 is 12.3 Å². The molecule has 1 aliphatic rings. The minimum atomic E-state index is -4.52. The molecular formula is C28H33F3N4O3. The third-order valence-electron chi connectivity index (χ3n) is 6.38. The van der Waals surface area contributed by atoms with Crippen LogP contribution in [0.1, 0.15) is 58.2 Å². The molecule has 4 rings (SSSR count). The van der Waals surface area contributed by atoms with E-state index in [-0.39, 0.29) is 17.8 Å². The minimum Gasteiger partial charge on any atom is -0.444 e. The molecule has 1 N–H and O–H groups in total. The second-order valence-corrected chi connectivity index (χ2v) is 10.6. The Bertz CT molecular complexity index is 1360. The van der Waals surface area contributed by atoms with E-state index in [9.17, 15) is 22.8 Å². The van der Waals surface area contributed by atoms with Crippen LogP contribution in [0.5, 0.6) is 0 Å². The number of benzene rings is 1. The molecule has 0 bridgehead atoms. The monoisotopic (exact) mass is 530 g/mol. The van der Waals surface area contributed by atoms with Crippen LogP contribution in [-0.4, -0.2) is 45.1 Å². The number of carbonyl (C=O) groups excluding carboxylic acids is 1. The first-order valence-electron chi connectivity index (χ1n) is 12.8. The zero-order chi connectivity index (χ0) is 27.7. The summed E-state index contributed by atoms with van der Waals surface area (Å²) in [5.74, 6) is 0. The molecule has 204 valence electrons. The van der Waals surface area contributed by atoms with E-state index in [1.54, 1.807) is 4.90 Å². The normalized spacial score (nSPS) is 16.2. The van der Waals surface area contributed by atoms with Crippen LogP contribution in [0.25, 0.3) is 16.8 Å². The molecule has 10 heteroatoms. The van der Waals surface area contributed by atoms with E-state index in [0.717, 1.165) is 47.7 Å². The molecule has 1 aliphatic heterocycles. The van der Waals surface area contributed by atoms with Crippen LogP contribution in [0.4, 0.5) is 23.7 Å². The molecule has 3 aromatic rings. The number of halogens is 3. The van der Waals surface area contributed by atoms with Crippen LogP contribution in [0.15, 0.2) is 47.4 Å². The number of pyridine rings is 1. The van der Waals surface area contributed by atoms with Gasteiger partial charge in [0.25, 0.3) is 5.56 Å². The number of amides is 1. The first-order chi connectivity index (χ1) is 17.9. The van der Waals surface area contributed by atoms with Crippen molar-refractivity contribution in [2.75, 3.05) is 18.4 Å². The molecule has 1 saturated heterocycles. The van der Waals surface area contributed by atoms with Crippen molar-refractivity contribution in [3.05, 3.63) is 64.2 Å². The van der Waals surface area contributed by atoms with Gasteiger partial charge in [-0.05, 0) is 69.9 Å². The summed E-state index contributed by atoms with van der Waals surface area (Å²) in [5.41, 5.74) is 0.545. The maximum absolute atomic E-state index is 13.4. The zero-order valence-corrected chi connectivity index (χ0v) is 22.1. The van der Waals surface area contributed by atoms with Gasteiger partial charge in [0.15, 0.2) is 0 Å². The number of fused-ring (bicyclic) bond motifs is 1. The summed E-state index contributed by atoms with van der Waals surface area (Å²) in [4.78, 5) is 31.9. The van der Waals surface area contributed by atoms with Gasteiger partial charge in [-0.2, -0.15) is 13.2 Å². The number of ether oxygens (including phenoxy) is 1. The van der Waals surface area contributed by atoms with E-state index in [1.807, 2.05) is 52.0 Å². The van der Waals surface area contributed by atoms with Gasteiger partial charge < -0.3 is 15.0 Å². The third-order valence-corrected chi connectivity index (χ3v) is 6.38. The van der Waals surface area contributed by atoms with Crippen molar-refractivity contribution in [3.8, 4) is 11.1 Å². The Morgan fingerprint density at radius 3 is 2.50 bits per heavy atom. The van der Waals surface area contributed by atoms with Crippen LogP contribution in [-0.2, 0) is 17.3 Å². The first kappa shape index (κ1) is 27.5. The Balaban J connectivity index is 1.57. The van der Waals surface area contributed by atoms with E-state index in [4.69, 9.17) is 4.74 Å². The summed E-state index contributed by atoms with van der Waals surface area (Å²) in [6, 6.07) is 9.20. The zero-order valence-electron chi connectivity index (χ0n) is 22.1. The quantitative estimate of drug-likeness (QED) is 0.414. The Morgan fingerprint density at radius 1 is 1.16 bits per heavy atom. The van der Waals surface area contributed by atoms with Crippen LogP contribution in [0.3, 0.4) is 0 Å². The summed E-state index contributed by atoms with van der Waals surface area (Å²) >= 11 is 0. The molecule has 2 aromatic heterocycles. The number of alkyl halides is 3. The van der Waals surface area contributed by atoms with E-state index in [1.165, 1.54) is 0 Å². The molecule has 1 fully saturated rings. The van der Waals surface area contributed by atoms with E-state index >= 15 is 0 Å².